The molecule has 0 amide bonds. The molecule has 1 aliphatic heterocycles. The molecule has 0 aliphatic carbocycles. The van der Waals surface area contributed by atoms with Gasteiger partial charge in [-0.15, -0.1) is 11.3 Å². The van der Waals surface area contributed by atoms with Crippen molar-refractivity contribution in [2.45, 2.75) is 12.2 Å². The Labute approximate surface area is 85.1 Å². The number of rotatable bonds is 1. The number of halogens is 2. The van der Waals surface area contributed by atoms with Gasteiger partial charge in [0.1, 0.15) is 12.8 Å². The van der Waals surface area contributed by atoms with Gasteiger partial charge in [0.15, 0.2) is 0 Å². The molecule has 0 fully saturated rings. The summed E-state index contributed by atoms with van der Waals surface area (Å²) < 4.78 is 31.8. The van der Waals surface area contributed by atoms with Crippen molar-refractivity contribution in [2.75, 3.05) is 20.7 Å². The summed E-state index contributed by atoms with van der Waals surface area (Å²) in [6.45, 7) is -0.528. The van der Waals surface area contributed by atoms with Crippen LogP contribution in [0.5, 0.6) is 0 Å². The van der Waals surface area contributed by atoms with Gasteiger partial charge in [-0.25, -0.2) is 0 Å². The second-order valence-electron chi connectivity index (χ2n) is 3.53. The fourth-order valence-electron chi connectivity index (χ4n) is 1.53. The second kappa shape index (κ2) is 3.25. The normalized spacial score (nSPS) is 25.1. The zero-order chi connectivity index (χ0) is 10.3. The van der Waals surface area contributed by atoms with Gasteiger partial charge in [-0.1, -0.05) is 0 Å². The molecule has 2 nitrogen and oxygen atoms in total. The van der Waals surface area contributed by atoms with Crippen molar-refractivity contribution in [3.8, 4) is 0 Å². The molecular formula is C9H11F2NOS. The number of ether oxygens (including phenoxy) is 1. The minimum atomic E-state index is -2.83. The quantitative estimate of drug-likeness (QED) is 0.719. The highest BCUT2D eigenvalue weighted by molar-refractivity contribution is 7.10. The highest BCUT2D eigenvalue weighted by Gasteiger charge is 2.42. The predicted molar refractivity (Wildman–Crippen MR) is 50.6 cm³/mol. The first kappa shape index (κ1) is 10.0. The molecular weight excluding hydrogens is 208 g/mol. The van der Waals surface area contributed by atoms with E-state index in [1.165, 1.54) is 17.4 Å². The van der Waals surface area contributed by atoms with E-state index < -0.39 is 12.5 Å². The minimum absolute atomic E-state index is 0.118. The largest absolute Gasteiger partial charge is 0.351 e. The van der Waals surface area contributed by atoms with E-state index in [1.807, 2.05) is 14.1 Å². The number of nitrogens with zero attached hydrogens (tertiary/aromatic N) is 1. The van der Waals surface area contributed by atoms with Crippen LogP contribution in [0.2, 0.25) is 0 Å². The zero-order valence-corrected chi connectivity index (χ0v) is 8.78. The molecule has 0 radical (unpaired) electrons. The molecule has 0 bridgehead atoms. The molecule has 5 heteroatoms. The van der Waals surface area contributed by atoms with Crippen LogP contribution in [-0.2, 0) is 10.7 Å². The fraction of sp³-hybridized carbons (Fsp3) is 0.556. The number of hydrogen-bond acceptors (Lipinski definition) is 3. The topological polar surface area (TPSA) is 12.5 Å². The van der Waals surface area contributed by atoms with Crippen LogP contribution in [-0.4, -0.2) is 25.6 Å². The van der Waals surface area contributed by atoms with Gasteiger partial charge >= 0.3 is 0 Å². The second-order valence-corrected chi connectivity index (χ2v) is 4.48. The first-order valence-corrected chi connectivity index (χ1v) is 5.14. The molecule has 1 atom stereocenters. The fourth-order valence-corrected chi connectivity index (χ4v) is 2.63. The molecule has 14 heavy (non-hydrogen) atoms. The number of hydrogen-bond donors (Lipinski definition) is 0. The molecule has 1 aromatic heterocycles. The lowest BCUT2D eigenvalue weighted by atomic mass is 10.1. The average Bonchev–Trinajstić information content (AvgIpc) is 2.52. The molecule has 0 saturated carbocycles. The third kappa shape index (κ3) is 1.45. The van der Waals surface area contributed by atoms with Gasteiger partial charge < -0.3 is 4.74 Å². The van der Waals surface area contributed by atoms with Crippen molar-refractivity contribution >= 4 is 11.3 Å². The SMILES string of the molecule is CN(C)C1OCC(F)(F)c2ccsc21. The summed E-state index contributed by atoms with van der Waals surface area (Å²) in [5.41, 5.74) is 0.118. The van der Waals surface area contributed by atoms with E-state index in [-0.39, 0.29) is 11.8 Å². The van der Waals surface area contributed by atoms with E-state index >= 15 is 0 Å². The van der Waals surface area contributed by atoms with Crippen LogP contribution in [0.3, 0.4) is 0 Å². The van der Waals surface area contributed by atoms with E-state index in [9.17, 15) is 8.78 Å². The number of thiophene rings is 1. The van der Waals surface area contributed by atoms with Gasteiger partial charge in [-0.05, 0) is 25.5 Å². The van der Waals surface area contributed by atoms with Crippen LogP contribution in [0.1, 0.15) is 16.7 Å². The van der Waals surface area contributed by atoms with E-state index in [2.05, 4.69) is 0 Å². The highest BCUT2D eigenvalue weighted by Crippen LogP contribution is 2.43. The van der Waals surface area contributed by atoms with Crippen LogP contribution in [0.25, 0.3) is 0 Å². The van der Waals surface area contributed by atoms with E-state index in [4.69, 9.17) is 4.74 Å². The van der Waals surface area contributed by atoms with Crippen molar-refractivity contribution < 1.29 is 13.5 Å². The molecule has 1 aliphatic rings. The Hall–Kier alpha value is -0.520. The van der Waals surface area contributed by atoms with Crippen molar-refractivity contribution in [1.82, 2.24) is 4.90 Å². The van der Waals surface area contributed by atoms with Crippen LogP contribution in [0.4, 0.5) is 8.78 Å². The molecule has 0 N–H and O–H groups in total. The van der Waals surface area contributed by atoms with Gasteiger partial charge in [0, 0.05) is 5.56 Å². The van der Waals surface area contributed by atoms with Gasteiger partial charge in [0.2, 0.25) is 0 Å². The maximum atomic E-state index is 13.3. The Balaban J connectivity index is 2.42. The summed E-state index contributed by atoms with van der Waals surface area (Å²) in [5, 5.41) is 1.68. The first-order chi connectivity index (χ1) is 6.52. The monoisotopic (exact) mass is 219 g/mol. The standard InChI is InChI=1S/C9H11F2NOS/c1-12(2)8-7-6(3-4-14-7)9(10,11)5-13-8/h3-4,8H,5H2,1-2H3. The highest BCUT2D eigenvalue weighted by atomic mass is 32.1. The lowest BCUT2D eigenvalue weighted by Gasteiger charge is -2.32. The molecule has 78 valence electrons. The molecule has 1 aromatic rings. The van der Waals surface area contributed by atoms with Crippen LogP contribution >= 0.6 is 11.3 Å². The summed E-state index contributed by atoms with van der Waals surface area (Å²) >= 11 is 1.32. The molecule has 1 unspecified atom stereocenters. The summed E-state index contributed by atoms with van der Waals surface area (Å²) in [6.07, 6.45) is -0.329. The van der Waals surface area contributed by atoms with Gasteiger partial charge in [-0.3, -0.25) is 4.90 Å². The van der Waals surface area contributed by atoms with Gasteiger partial charge in [-0.2, -0.15) is 8.78 Å². The van der Waals surface area contributed by atoms with Crippen LogP contribution < -0.4 is 0 Å². The van der Waals surface area contributed by atoms with Crippen molar-refractivity contribution in [1.29, 1.82) is 0 Å². The maximum Gasteiger partial charge on any atom is 0.297 e. The van der Waals surface area contributed by atoms with Crippen molar-refractivity contribution in [3.63, 3.8) is 0 Å². The van der Waals surface area contributed by atoms with Crippen molar-refractivity contribution in [3.05, 3.63) is 21.9 Å². The van der Waals surface area contributed by atoms with Gasteiger partial charge in [0.05, 0.1) is 4.88 Å². The molecule has 2 rings (SSSR count). The lowest BCUT2D eigenvalue weighted by molar-refractivity contribution is -0.154. The summed E-state index contributed by atoms with van der Waals surface area (Å²) in [7, 11) is 3.63. The van der Waals surface area contributed by atoms with Crippen LogP contribution in [0, 0.1) is 0 Å². The minimum Gasteiger partial charge on any atom is -0.351 e. The predicted octanol–water partition coefficient (Wildman–Crippen LogP) is 2.43. The first-order valence-electron chi connectivity index (χ1n) is 4.26. The third-order valence-electron chi connectivity index (χ3n) is 2.21. The Morgan fingerprint density at radius 1 is 1.57 bits per heavy atom. The zero-order valence-electron chi connectivity index (χ0n) is 7.96. The van der Waals surface area contributed by atoms with Crippen LogP contribution in [0.15, 0.2) is 11.4 Å². The maximum absolute atomic E-state index is 13.3. The average molecular weight is 219 g/mol. The summed E-state index contributed by atoms with van der Waals surface area (Å²) in [5.74, 6) is -2.83. The Morgan fingerprint density at radius 3 is 2.93 bits per heavy atom. The van der Waals surface area contributed by atoms with E-state index in [0.717, 1.165) is 0 Å². The Bertz CT molecular complexity index is 337. The van der Waals surface area contributed by atoms with Crippen molar-refractivity contribution in [2.24, 2.45) is 0 Å². The Kier molecular flexibility index (Phi) is 2.33. The van der Waals surface area contributed by atoms with E-state index in [0.29, 0.717) is 4.88 Å². The molecule has 0 spiro atoms. The smallest absolute Gasteiger partial charge is 0.297 e. The molecule has 0 aromatic carbocycles. The summed E-state index contributed by atoms with van der Waals surface area (Å²) in [4.78, 5) is 2.41. The third-order valence-corrected chi connectivity index (χ3v) is 3.15. The number of alkyl halides is 2. The molecule has 2 heterocycles. The van der Waals surface area contributed by atoms with E-state index in [1.54, 1.807) is 10.3 Å². The number of fused-ring (bicyclic) bond motifs is 1. The molecule has 0 saturated heterocycles. The summed E-state index contributed by atoms with van der Waals surface area (Å²) in [6, 6.07) is 1.49. The lowest BCUT2D eigenvalue weighted by Crippen LogP contribution is -2.34. The van der Waals surface area contributed by atoms with Gasteiger partial charge in [0.25, 0.3) is 5.92 Å². The Morgan fingerprint density at radius 2 is 2.29 bits per heavy atom.